The smallest absolute Gasteiger partial charge is 0.269 e. The van der Waals surface area contributed by atoms with Gasteiger partial charge in [-0.25, -0.2) is 13.8 Å². The molecular formula is C23H23N3O3S. The molecule has 1 N–H and O–H groups in total. The molecule has 0 fully saturated rings. The van der Waals surface area contributed by atoms with Gasteiger partial charge in [-0.1, -0.05) is 47.5 Å². The van der Waals surface area contributed by atoms with E-state index in [2.05, 4.69) is 10.5 Å². The number of amides is 1. The van der Waals surface area contributed by atoms with Gasteiger partial charge < -0.3 is 0 Å². The van der Waals surface area contributed by atoms with E-state index in [0.717, 1.165) is 16.7 Å². The van der Waals surface area contributed by atoms with Gasteiger partial charge in [0.25, 0.3) is 15.9 Å². The Kier molecular flexibility index (Phi) is 6.32. The number of sulfonamides is 1. The summed E-state index contributed by atoms with van der Waals surface area (Å²) in [5, 5.41) is 3.97. The Morgan fingerprint density at radius 1 is 0.933 bits per heavy atom. The lowest BCUT2D eigenvalue weighted by Gasteiger charge is -2.19. The predicted molar refractivity (Wildman–Crippen MR) is 119 cm³/mol. The molecule has 0 unspecified atom stereocenters. The van der Waals surface area contributed by atoms with Crippen molar-refractivity contribution in [3.05, 3.63) is 95.1 Å². The molecule has 1 amide bonds. The van der Waals surface area contributed by atoms with Gasteiger partial charge in [-0.2, -0.15) is 5.10 Å². The van der Waals surface area contributed by atoms with Crippen LogP contribution < -0.4 is 9.73 Å². The van der Waals surface area contributed by atoms with Crippen molar-refractivity contribution < 1.29 is 13.2 Å². The molecule has 0 heterocycles. The van der Waals surface area contributed by atoms with Crippen LogP contribution in [-0.4, -0.2) is 27.6 Å². The Bertz CT molecular complexity index is 1170. The Morgan fingerprint density at radius 2 is 1.60 bits per heavy atom. The molecule has 0 aromatic heterocycles. The summed E-state index contributed by atoms with van der Waals surface area (Å²) in [5.74, 6) is -0.380. The van der Waals surface area contributed by atoms with Gasteiger partial charge in [0.1, 0.15) is 0 Å². The Balaban J connectivity index is 1.69. The largest absolute Gasteiger partial charge is 0.271 e. The Labute approximate surface area is 176 Å². The van der Waals surface area contributed by atoms with E-state index in [1.54, 1.807) is 54.7 Å². The molecule has 0 aliphatic rings. The highest BCUT2D eigenvalue weighted by Crippen LogP contribution is 2.22. The van der Waals surface area contributed by atoms with Gasteiger partial charge in [0.15, 0.2) is 0 Å². The van der Waals surface area contributed by atoms with Crippen LogP contribution in [0, 0.1) is 13.8 Å². The van der Waals surface area contributed by atoms with Crippen molar-refractivity contribution in [2.45, 2.75) is 18.7 Å². The third-order valence-corrected chi connectivity index (χ3v) is 6.39. The van der Waals surface area contributed by atoms with E-state index < -0.39 is 10.0 Å². The SMILES string of the molecule is Cc1ccc(S(=O)(=O)N(C)c2ccc(C(=O)N/N=C\c3cccc(C)c3)cc2)cc1. The molecule has 0 spiro atoms. The Hall–Kier alpha value is -3.45. The van der Waals surface area contributed by atoms with Crippen LogP contribution in [0.25, 0.3) is 0 Å². The fraction of sp³-hybridized carbons (Fsp3) is 0.130. The molecule has 6 nitrogen and oxygen atoms in total. The maximum Gasteiger partial charge on any atom is 0.271 e. The number of anilines is 1. The van der Waals surface area contributed by atoms with E-state index in [1.165, 1.54) is 11.4 Å². The molecule has 0 aliphatic heterocycles. The number of carbonyl (C=O) groups excluding carboxylic acids is 1. The summed E-state index contributed by atoms with van der Waals surface area (Å²) in [7, 11) is -2.20. The number of aryl methyl sites for hydroxylation is 2. The van der Waals surface area contributed by atoms with Crippen LogP contribution in [0.5, 0.6) is 0 Å². The minimum atomic E-state index is -3.68. The molecule has 0 aliphatic carbocycles. The predicted octanol–water partition coefficient (Wildman–Crippen LogP) is 3.89. The fourth-order valence-corrected chi connectivity index (χ4v) is 4.01. The van der Waals surface area contributed by atoms with E-state index >= 15 is 0 Å². The van der Waals surface area contributed by atoms with Crippen molar-refractivity contribution in [1.82, 2.24) is 5.43 Å². The van der Waals surface area contributed by atoms with E-state index in [0.29, 0.717) is 11.3 Å². The van der Waals surface area contributed by atoms with Gasteiger partial charge in [0, 0.05) is 12.6 Å². The zero-order valence-electron chi connectivity index (χ0n) is 17.0. The molecule has 7 heteroatoms. The average Bonchev–Trinajstić information content (AvgIpc) is 2.73. The van der Waals surface area contributed by atoms with E-state index in [1.807, 2.05) is 38.1 Å². The summed E-state index contributed by atoms with van der Waals surface area (Å²) in [4.78, 5) is 12.5. The van der Waals surface area contributed by atoms with Crippen LogP contribution in [0.2, 0.25) is 0 Å². The first-order valence-corrected chi connectivity index (χ1v) is 10.8. The zero-order valence-corrected chi connectivity index (χ0v) is 17.8. The fourth-order valence-electron chi connectivity index (χ4n) is 2.81. The average molecular weight is 422 g/mol. The molecule has 3 aromatic rings. The first-order valence-electron chi connectivity index (χ1n) is 9.33. The van der Waals surface area contributed by atoms with Crippen molar-refractivity contribution in [3.63, 3.8) is 0 Å². The molecule has 30 heavy (non-hydrogen) atoms. The van der Waals surface area contributed by atoms with E-state index in [-0.39, 0.29) is 10.8 Å². The molecule has 3 rings (SSSR count). The second-order valence-corrected chi connectivity index (χ2v) is 8.91. The van der Waals surface area contributed by atoms with Gasteiger partial charge in [-0.3, -0.25) is 9.10 Å². The van der Waals surface area contributed by atoms with Gasteiger partial charge in [-0.05, 0) is 55.8 Å². The highest BCUT2D eigenvalue weighted by molar-refractivity contribution is 7.92. The third kappa shape index (κ3) is 4.93. The summed E-state index contributed by atoms with van der Waals surface area (Å²) in [5.41, 5.74) is 6.27. The number of benzene rings is 3. The molecule has 154 valence electrons. The monoisotopic (exact) mass is 421 g/mol. The molecule has 0 bridgehead atoms. The van der Waals surface area contributed by atoms with Crippen LogP contribution in [0.1, 0.15) is 27.0 Å². The summed E-state index contributed by atoms with van der Waals surface area (Å²) in [6.45, 7) is 3.88. The molecular weight excluding hydrogens is 398 g/mol. The second kappa shape index (κ2) is 8.92. The third-order valence-electron chi connectivity index (χ3n) is 4.59. The van der Waals surface area contributed by atoms with Gasteiger partial charge >= 0.3 is 0 Å². The number of hydrogen-bond donors (Lipinski definition) is 1. The number of nitrogens with zero attached hydrogens (tertiary/aromatic N) is 2. The quantitative estimate of drug-likeness (QED) is 0.484. The number of nitrogens with one attached hydrogen (secondary N) is 1. The zero-order chi connectivity index (χ0) is 21.7. The topological polar surface area (TPSA) is 78.8 Å². The number of hydrazone groups is 1. The van der Waals surface area contributed by atoms with Crippen LogP contribution >= 0.6 is 0 Å². The number of carbonyl (C=O) groups is 1. The summed E-state index contributed by atoms with van der Waals surface area (Å²) < 4.78 is 26.8. The molecule has 0 saturated heterocycles. The normalized spacial score (nSPS) is 11.4. The van der Waals surface area contributed by atoms with Crippen LogP contribution in [0.4, 0.5) is 5.69 Å². The van der Waals surface area contributed by atoms with Crippen molar-refractivity contribution in [2.75, 3.05) is 11.4 Å². The van der Waals surface area contributed by atoms with Crippen molar-refractivity contribution >= 4 is 27.8 Å². The molecule has 0 atom stereocenters. The molecule has 0 radical (unpaired) electrons. The minimum absolute atomic E-state index is 0.211. The lowest BCUT2D eigenvalue weighted by Crippen LogP contribution is -2.26. The van der Waals surface area contributed by atoms with Gasteiger partial charge in [0.05, 0.1) is 16.8 Å². The van der Waals surface area contributed by atoms with Crippen LogP contribution in [0.3, 0.4) is 0 Å². The summed E-state index contributed by atoms with van der Waals surface area (Å²) >= 11 is 0. The maximum atomic E-state index is 12.8. The van der Waals surface area contributed by atoms with Crippen molar-refractivity contribution in [3.8, 4) is 0 Å². The van der Waals surface area contributed by atoms with E-state index in [9.17, 15) is 13.2 Å². The molecule has 3 aromatic carbocycles. The number of hydrogen-bond acceptors (Lipinski definition) is 4. The first-order chi connectivity index (χ1) is 14.3. The first kappa shape index (κ1) is 21.3. The minimum Gasteiger partial charge on any atom is -0.269 e. The Morgan fingerprint density at radius 3 is 2.23 bits per heavy atom. The van der Waals surface area contributed by atoms with Crippen molar-refractivity contribution in [1.29, 1.82) is 0 Å². The standard InChI is InChI=1S/C23H23N3O3S/c1-17-7-13-22(14-8-17)30(28,29)26(3)21-11-9-20(10-12-21)23(27)25-24-16-19-6-4-5-18(2)15-19/h4-16H,1-3H3,(H,25,27)/b24-16-. The summed E-state index contributed by atoms with van der Waals surface area (Å²) in [6, 6.07) is 20.7. The van der Waals surface area contributed by atoms with Crippen LogP contribution in [-0.2, 0) is 10.0 Å². The number of rotatable bonds is 6. The lowest BCUT2D eigenvalue weighted by atomic mass is 10.2. The molecule has 0 saturated carbocycles. The van der Waals surface area contributed by atoms with E-state index in [4.69, 9.17) is 0 Å². The summed E-state index contributed by atoms with van der Waals surface area (Å²) in [6.07, 6.45) is 1.57. The second-order valence-electron chi connectivity index (χ2n) is 6.95. The maximum absolute atomic E-state index is 12.8. The lowest BCUT2D eigenvalue weighted by molar-refractivity contribution is 0.0955. The van der Waals surface area contributed by atoms with Crippen LogP contribution in [0.15, 0.2) is 82.8 Å². The highest BCUT2D eigenvalue weighted by atomic mass is 32.2. The van der Waals surface area contributed by atoms with Gasteiger partial charge in [-0.15, -0.1) is 0 Å². The van der Waals surface area contributed by atoms with Gasteiger partial charge in [0.2, 0.25) is 0 Å². The van der Waals surface area contributed by atoms with Crippen molar-refractivity contribution in [2.24, 2.45) is 5.10 Å². The highest BCUT2D eigenvalue weighted by Gasteiger charge is 2.21.